The van der Waals surface area contributed by atoms with Gasteiger partial charge in [-0.1, -0.05) is 29.3 Å². The zero-order chi connectivity index (χ0) is 14.0. The molecular weight excluding hydrogens is 258 g/mol. The largest absolute Gasteiger partial charge is 0.322 e. The molecular formula is C16H16ClNO. The maximum atomic E-state index is 12.3. The Labute approximate surface area is 118 Å². The summed E-state index contributed by atoms with van der Waals surface area (Å²) < 4.78 is 0. The van der Waals surface area contributed by atoms with E-state index in [1.54, 1.807) is 24.3 Å². The van der Waals surface area contributed by atoms with Gasteiger partial charge in [0, 0.05) is 16.3 Å². The van der Waals surface area contributed by atoms with Crippen LogP contribution in [0.15, 0.2) is 36.4 Å². The second kappa shape index (κ2) is 5.45. The summed E-state index contributed by atoms with van der Waals surface area (Å²) in [6.45, 7) is 5.94. The van der Waals surface area contributed by atoms with Crippen LogP contribution in [0.4, 0.5) is 5.69 Å². The first-order valence-electron chi connectivity index (χ1n) is 6.12. The SMILES string of the molecule is Cc1cc(C)c(C(=O)Nc2ccc(Cl)cc2)c(C)c1. The van der Waals surface area contributed by atoms with Crippen LogP contribution in [0.5, 0.6) is 0 Å². The minimum atomic E-state index is -0.0858. The standard InChI is InChI=1S/C16H16ClNO/c1-10-8-11(2)15(12(3)9-10)16(19)18-14-6-4-13(17)5-7-14/h4-9H,1-3H3,(H,18,19). The van der Waals surface area contributed by atoms with E-state index in [2.05, 4.69) is 5.32 Å². The Bertz CT molecular complexity index is 594. The first-order chi connectivity index (χ1) is 8.97. The van der Waals surface area contributed by atoms with Crippen LogP contribution in [0.2, 0.25) is 5.02 Å². The van der Waals surface area contributed by atoms with Gasteiger partial charge in [0.05, 0.1) is 0 Å². The van der Waals surface area contributed by atoms with Gasteiger partial charge in [0.15, 0.2) is 0 Å². The molecule has 2 nitrogen and oxygen atoms in total. The van der Waals surface area contributed by atoms with Crippen LogP contribution in [-0.2, 0) is 0 Å². The lowest BCUT2D eigenvalue weighted by molar-refractivity contribution is 0.102. The van der Waals surface area contributed by atoms with Crippen molar-refractivity contribution in [3.05, 3.63) is 63.7 Å². The lowest BCUT2D eigenvalue weighted by Crippen LogP contribution is -2.15. The van der Waals surface area contributed by atoms with Crippen LogP contribution in [0.3, 0.4) is 0 Å². The highest BCUT2D eigenvalue weighted by molar-refractivity contribution is 6.30. The van der Waals surface area contributed by atoms with Gasteiger partial charge in [-0.3, -0.25) is 4.79 Å². The Morgan fingerprint density at radius 3 is 2.05 bits per heavy atom. The fraction of sp³-hybridized carbons (Fsp3) is 0.188. The molecule has 19 heavy (non-hydrogen) atoms. The van der Waals surface area contributed by atoms with E-state index in [-0.39, 0.29) is 5.91 Å². The van der Waals surface area contributed by atoms with Crippen molar-refractivity contribution in [3.8, 4) is 0 Å². The van der Waals surface area contributed by atoms with Gasteiger partial charge in [0.2, 0.25) is 0 Å². The Kier molecular flexibility index (Phi) is 3.91. The van der Waals surface area contributed by atoms with Crippen molar-refractivity contribution in [1.29, 1.82) is 0 Å². The molecule has 2 aromatic carbocycles. The maximum Gasteiger partial charge on any atom is 0.256 e. The second-order valence-corrected chi connectivity index (χ2v) is 5.17. The van der Waals surface area contributed by atoms with Gasteiger partial charge >= 0.3 is 0 Å². The van der Waals surface area contributed by atoms with Crippen molar-refractivity contribution in [2.24, 2.45) is 0 Å². The van der Waals surface area contributed by atoms with E-state index in [0.29, 0.717) is 5.02 Å². The van der Waals surface area contributed by atoms with E-state index >= 15 is 0 Å². The van der Waals surface area contributed by atoms with Crippen LogP contribution >= 0.6 is 11.6 Å². The summed E-state index contributed by atoms with van der Waals surface area (Å²) in [6.07, 6.45) is 0. The fourth-order valence-electron chi connectivity index (χ4n) is 2.26. The van der Waals surface area contributed by atoms with Crippen molar-refractivity contribution >= 4 is 23.2 Å². The highest BCUT2D eigenvalue weighted by Gasteiger charge is 2.12. The average molecular weight is 274 g/mol. The van der Waals surface area contributed by atoms with E-state index in [1.807, 2.05) is 32.9 Å². The minimum absolute atomic E-state index is 0.0858. The van der Waals surface area contributed by atoms with E-state index < -0.39 is 0 Å². The van der Waals surface area contributed by atoms with Crippen molar-refractivity contribution < 1.29 is 4.79 Å². The number of carbonyl (C=O) groups is 1. The number of nitrogens with one attached hydrogen (secondary N) is 1. The van der Waals surface area contributed by atoms with E-state index in [4.69, 9.17) is 11.6 Å². The van der Waals surface area contributed by atoms with Gasteiger partial charge in [0.25, 0.3) is 5.91 Å². The zero-order valence-electron chi connectivity index (χ0n) is 11.3. The Balaban J connectivity index is 2.28. The fourth-order valence-corrected chi connectivity index (χ4v) is 2.39. The first-order valence-corrected chi connectivity index (χ1v) is 6.50. The lowest BCUT2D eigenvalue weighted by Gasteiger charge is -2.11. The van der Waals surface area contributed by atoms with Gasteiger partial charge in [-0.05, 0) is 56.2 Å². The number of halogens is 1. The van der Waals surface area contributed by atoms with E-state index in [0.717, 1.165) is 27.9 Å². The van der Waals surface area contributed by atoms with Gasteiger partial charge in [0.1, 0.15) is 0 Å². The average Bonchev–Trinajstić information content (AvgIpc) is 2.30. The Morgan fingerprint density at radius 2 is 1.53 bits per heavy atom. The van der Waals surface area contributed by atoms with Crippen molar-refractivity contribution in [3.63, 3.8) is 0 Å². The number of anilines is 1. The summed E-state index contributed by atoms with van der Waals surface area (Å²) in [6, 6.07) is 11.1. The van der Waals surface area contributed by atoms with Gasteiger partial charge in [-0.15, -0.1) is 0 Å². The first kappa shape index (κ1) is 13.6. The quantitative estimate of drug-likeness (QED) is 0.856. The van der Waals surface area contributed by atoms with Crippen molar-refractivity contribution in [2.75, 3.05) is 5.32 Å². The summed E-state index contributed by atoms with van der Waals surface area (Å²) in [7, 11) is 0. The van der Waals surface area contributed by atoms with Gasteiger partial charge in [-0.25, -0.2) is 0 Å². The number of hydrogen-bond donors (Lipinski definition) is 1. The molecule has 3 heteroatoms. The number of rotatable bonds is 2. The number of aryl methyl sites for hydroxylation is 3. The molecule has 0 aliphatic heterocycles. The predicted octanol–water partition coefficient (Wildman–Crippen LogP) is 4.52. The molecule has 0 bridgehead atoms. The molecule has 0 saturated carbocycles. The molecule has 2 aromatic rings. The second-order valence-electron chi connectivity index (χ2n) is 4.73. The molecule has 0 radical (unpaired) electrons. The summed E-state index contributed by atoms with van der Waals surface area (Å²) in [5.41, 5.74) is 4.63. The highest BCUT2D eigenvalue weighted by atomic mass is 35.5. The molecule has 2 rings (SSSR count). The predicted molar refractivity (Wildman–Crippen MR) is 80.1 cm³/mol. The summed E-state index contributed by atoms with van der Waals surface area (Å²) >= 11 is 5.82. The zero-order valence-corrected chi connectivity index (χ0v) is 12.0. The number of benzene rings is 2. The van der Waals surface area contributed by atoms with E-state index in [9.17, 15) is 4.79 Å². The van der Waals surface area contributed by atoms with Crippen LogP contribution in [0.25, 0.3) is 0 Å². The molecule has 0 atom stereocenters. The number of amides is 1. The highest BCUT2D eigenvalue weighted by Crippen LogP contribution is 2.19. The molecule has 0 fully saturated rings. The number of carbonyl (C=O) groups excluding carboxylic acids is 1. The lowest BCUT2D eigenvalue weighted by atomic mass is 9.99. The minimum Gasteiger partial charge on any atom is -0.322 e. The van der Waals surface area contributed by atoms with Crippen LogP contribution < -0.4 is 5.32 Å². The van der Waals surface area contributed by atoms with Gasteiger partial charge < -0.3 is 5.32 Å². The normalized spacial score (nSPS) is 10.3. The molecule has 0 aromatic heterocycles. The molecule has 0 saturated heterocycles. The Morgan fingerprint density at radius 1 is 1.00 bits per heavy atom. The molecule has 98 valence electrons. The molecule has 0 heterocycles. The maximum absolute atomic E-state index is 12.3. The molecule has 0 unspecified atom stereocenters. The van der Waals surface area contributed by atoms with Gasteiger partial charge in [-0.2, -0.15) is 0 Å². The van der Waals surface area contributed by atoms with E-state index in [1.165, 1.54) is 0 Å². The Hall–Kier alpha value is -1.80. The monoisotopic (exact) mass is 273 g/mol. The van der Waals surface area contributed by atoms with Crippen molar-refractivity contribution in [2.45, 2.75) is 20.8 Å². The number of hydrogen-bond acceptors (Lipinski definition) is 1. The third-order valence-electron chi connectivity index (χ3n) is 3.01. The summed E-state index contributed by atoms with van der Waals surface area (Å²) in [5, 5.41) is 3.54. The summed E-state index contributed by atoms with van der Waals surface area (Å²) in [5.74, 6) is -0.0858. The molecule has 1 N–H and O–H groups in total. The van der Waals surface area contributed by atoms with Crippen LogP contribution in [0, 0.1) is 20.8 Å². The van der Waals surface area contributed by atoms with Crippen LogP contribution in [0.1, 0.15) is 27.0 Å². The topological polar surface area (TPSA) is 29.1 Å². The molecule has 0 aliphatic carbocycles. The summed E-state index contributed by atoms with van der Waals surface area (Å²) in [4.78, 5) is 12.3. The van der Waals surface area contributed by atoms with Crippen molar-refractivity contribution in [1.82, 2.24) is 0 Å². The molecule has 1 amide bonds. The third-order valence-corrected chi connectivity index (χ3v) is 3.26. The van der Waals surface area contributed by atoms with Crippen LogP contribution in [-0.4, -0.2) is 5.91 Å². The molecule has 0 spiro atoms. The third kappa shape index (κ3) is 3.15. The molecule has 0 aliphatic rings. The smallest absolute Gasteiger partial charge is 0.256 e.